The van der Waals surface area contributed by atoms with E-state index in [2.05, 4.69) is 17.5 Å². The Morgan fingerprint density at radius 1 is 1.64 bits per heavy atom. The second kappa shape index (κ2) is 7.01. The summed E-state index contributed by atoms with van der Waals surface area (Å²) in [7, 11) is 1.70. The molecule has 1 heterocycles. The Labute approximate surface area is 93.5 Å². The molecule has 0 spiro atoms. The minimum atomic E-state index is 0.749. The van der Waals surface area contributed by atoms with Crippen LogP contribution in [0.3, 0.4) is 0 Å². The average Bonchev–Trinajstić information content (AvgIpc) is 2.58. The Bertz CT molecular complexity index is 285. The van der Waals surface area contributed by atoms with Crippen LogP contribution >= 0.6 is 22.9 Å². The van der Waals surface area contributed by atoms with Gasteiger partial charge in [-0.3, -0.25) is 0 Å². The maximum absolute atomic E-state index is 5.79. The largest absolute Gasteiger partial charge is 0.383 e. The lowest BCUT2D eigenvalue weighted by atomic mass is 10.4. The predicted octanol–water partition coefficient (Wildman–Crippen LogP) is 2.65. The lowest BCUT2D eigenvalue weighted by Gasteiger charge is -1.98. The third kappa shape index (κ3) is 4.77. The number of nitrogens with one attached hydrogen (secondary N) is 1. The highest BCUT2D eigenvalue weighted by Gasteiger charge is 1.91. The van der Waals surface area contributed by atoms with Crippen molar-refractivity contribution in [2.75, 3.05) is 26.8 Å². The monoisotopic (exact) mass is 231 g/mol. The maximum atomic E-state index is 5.79. The van der Waals surface area contributed by atoms with Gasteiger partial charge in [-0.25, -0.2) is 0 Å². The van der Waals surface area contributed by atoms with Crippen molar-refractivity contribution in [3.63, 3.8) is 0 Å². The minimum Gasteiger partial charge on any atom is -0.383 e. The van der Waals surface area contributed by atoms with Crippen LogP contribution in [0.5, 0.6) is 0 Å². The molecule has 0 saturated carbocycles. The van der Waals surface area contributed by atoms with Gasteiger partial charge in [-0.1, -0.05) is 17.7 Å². The lowest BCUT2D eigenvalue weighted by molar-refractivity contribution is 0.200. The number of halogens is 1. The summed E-state index contributed by atoms with van der Waals surface area (Å²) in [5.74, 6) is 0. The number of rotatable bonds is 6. The normalized spacial score (nSPS) is 11.3. The van der Waals surface area contributed by atoms with Crippen LogP contribution in [0, 0.1) is 0 Å². The van der Waals surface area contributed by atoms with E-state index < -0.39 is 0 Å². The number of ether oxygens (including phenoxy) is 1. The Morgan fingerprint density at radius 2 is 2.50 bits per heavy atom. The molecule has 2 nitrogen and oxygen atoms in total. The van der Waals surface area contributed by atoms with E-state index in [4.69, 9.17) is 16.3 Å². The van der Waals surface area contributed by atoms with Gasteiger partial charge in [-0.2, -0.15) is 0 Å². The van der Waals surface area contributed by atoms with Crippen molar-refractivity contribution in [2.45, 2.75) is 0 Å². The van der Waals surface area contributed by atoms with Crippen LogP contribution in [0.25, 0.3) is 6.08 Å². The molecule has 1 N–H and O–H groups in total. The molecule has 0 aliphatic carbocycles. The first-order valence-electron chi connectivity index (χ1n) is 4.43. The fraction of sp³-hybridized carbons (Fsp3) is 0.400. The van der Waals surface area contributed by atoms with Crippen molar-refractivity contribution in [2.24, 2.45) is 0 Å². The number of thiophene rings is 1. The van der Waals surface area contributed by atoms with E-state index in [1.807, 2.05) is 11.4 Å². The third-order valence-corrected chi connectivity index (χ3v) is 2.86. The zero-order valence-electron chi connectivity index (χ0n) is 8.13. The van der Waals surface area contributed by atoms with Crippen LogP contribution in [0.2, 0.25) is 5.02 Å². The SMILES string of the molecule is COCCNCC=Cc1cc(Cl)cs1. The summed E-state index contributed by atoms with van der Waals surface area (Å²) in [5.41, 5.74) is 0. The molecular weight excluding hydrogens is 218 g/mol. The highest BCUT2D eigenvalue weighted by molar-refractivity contribution is 7.11. The smallest absolute Gasteiger partial charge is 0.0587 e. The molecule has 0 aliphatic heterocycles. The molecule has 0 saturated heterocycles. The number of hydrogen-bond donors (Lipinski definition) is 1. The third-order valence-electron chi connectivity index (χ3n) is 1.62. The van der Waals surface area contributed by atoms with Crippen molar-refractivity contribution in [1.82, 2.24) is 5.32 Å². The average molecular weight is 232 g/mol. The van der Waals surface area contributed by atoms with Gasteiger partial charge in [-0.15, -0.1) is 11.3 Å². The van der Waals surface area contributed by atoms with Crippen molar-refractivity contribution >= 4 is 29.0 Å². The quantitative estimate of drug-likeness (QED) is 0.761. The zero-order chi connectivity index (χ0) is 10.2. The number of methoxy groups -OCH3 is 1. The van der Waals surface area contributed by atoms with Gasteiger partial charge in [0.2, 0.25) is 0 Å². The van der Waals surface area contributed by atoms with Gasteiger partial charge in [0.1, 0.15) is 0 Å². The van der Waals surface area contributed by atoms with E-state index in [-0.39, 0.29) is 0 Å². The van der Waals surface area contributed by atoms with Gasteiger partial charge in [-0.05, 0) is 12.1 Å². The van der Waals surface area contributed by atoms with E-state index >= 15 is 0 Å². The van der Waals surface area contributed by atoms with Crippen LogP contribution in [-0.4, -0.2) is 26.8 Å². The first-order chi connectivity index (χ1) is 6.83. The molecular formula is C10H14ClNOS. The Hall–Kier alpha value is -0.350. The zero-order valence-corrected chi connectivity index (χ0v) is 9.70. The molecule has 1 rings (SSSR count). The van der Waals surface area contributed by atoms with Gasteiger partial charge in [0.05, 0.1) is 11.6 Å². The summed E-state index contributed by atoms with van der Waals surface area (Å²) in [6, 6.07) is 1.96. The Morgan fingerprint density at radius 3 is 3.14 bits per heavy atom. The molecule has 0 aromatic carbocycles. The summed E-state index contributed by atoms with van der Waals surface area (Å²) >= 11 is 7.43. The predicted molar refractivity (Wildman–Crippen MR) is 63.1 cm³/mol. The van der Waals surface area contributed by atoms with Crippen LogP contribution in [0.4, 0.5) is 0 Å². The summed E-state index contributed by atoms with van der Waals surface area (Å²) in [5, 5.41) is 5.96. The summed E-state index contributed by atoms with van der Waals surface area (Å²) in [4.78, 5) is 1.18. The Kier molecular flexibility index (Phi) is 5.87. The first-order valence-corrected chi connectivity index (χ1v) is 5.69. The first kappa shape index (κ1) is 11.7. The minimum absolute atomic E-state index is 0.749. The summed E-state index contributed by atoms with van der Waals surface area (Å²) in [6.07, 6.45) is 4.15. The molecule has 0 bridgehead atoms. The second-order valence-corrected chi connectivity index (χ2v) is 4.15. The summed E-state index contributed by atoms with van der Waals surface area (Å²) < 4.78 is 4.91. The standard InChI is InChI=1S/C10H14ClNOS/c1-13-6-5-12-4-2-3-10-7-9(11)8-14-10/h2-3,7-8,12H,4-6H2,1H3. The van der Waals surface area contributed by atoms with Gasteiger partial charge in [0.25, 0.3) is 0 Å². The second-order valence-electron chi connectivity index (χ2n) is 2.77. The summed E-state index contributed by atoms with van der Waals surface area (Å²) in [6.45, 7) is 2.49. The molecule has 1 aromatic heterocycles. The van der Waals surface area contributed by atoms with Crippen LogP contribution in [-0.2, 0) is 4.74 Å². The van der Waals surface area contributed by atoms with E-state index in [1.165, 1.54) is 4.88 Å². The fourth-order valence-corrected chi connectivity index (χ4v) is 1.95. The molecule has 0 radical (unpaired) electrons. The molecule has 1 aromatic rings. The van der Waals surface area contributed by atoms with Gasteiger partial charge in [0.15, 0.2) is 0 Å². The van der Waals surface area contributed by atoms with Crippen molar-refractivity contribution in [1.29, 1.82) is 0 Å². The van der Waals surface area contributed by atoms with E-state index in [1.54, 1.807) is 18.4 Å². The molecule has 0 amide bonds. The van der Waals surface area contributed by atoms with Crippen molar-refractivity contribution in [3.8, 4) is 0 Å². The van der Waals surface area contributed by atoms with E-state index in [9.17, 15) is 0 Å². The molecule has 0 atom stereocenters. The maximum Gasteiger partial charge on any atom is 0.0587 e. The highest BCUT2D eigenvalue weighted by atomic mass is 35.5. The molecule has 0 fully saturated rings. The molecule has 78 valence electrons. The molecule has 0 aliphatic rings. The number of hydrogen-bond acceptors (Lipinski definition) is 3. The van der Waals surface area contributed by atoms with Crippen LogP contribution in [0.15, 0.2) is 17.5 Å². The van der Waals surface area contributed by atoms with Gasteiger partial charge >= 0.3 is 0 Å². The van der Waals surface area contributed by atoms with Crippen LogP contribution in [0.1, 0.15) is 4.88 Å². The van der Waals surface area contributed by atoms with Gasteiger partial charge < -0.3 is 10.1 Å². The van der Waals surface area contributed by atoms with Crippen molar-refractivity contribution in [3.05, 3.63) is 27.4 Å². The van der Waals surface area contributed by atoms with E-state index in [0.29, 0.717) is 0 Å². The Balaban J connectivity index is 2.15. The molecule has 4 heteroatoms. The fourth-order valence-electron chi connectivity index (χ4n) is 0.950. The van der Waals surface area contributed by atoms with E-state index in [0.717, 1.165) is 24.7 Å². The van der Waals surface area contributed by atoms with Crippen LogP contribution < -0.4 is 5.32 Å². The topological polar surface area (TPSA) is 21.3 Å². The van der Waals surface area contributed by atoms with Gasteiger partial charge in [0, 0.05) is 30.5 Å². The lowest BCUT2D eigenvalue weighted by Crippen LogP contribution is -2.18. The molecule has 0 unspecified atom stereocenters. The van der Waals surface area contributed by atoms with Crippen molar-refractivity contribution < 1.29 is 4.74 Å². The highest BCUT2D eigenvalue weighted by Crippen LogP contribution is 2.19. The molecule has 14 heavy (non-hydrogen) atoms.